The molecule has 0 atom stereocenters. The Labute approximate surface area is 144 Å². The number of hydrogen-bond donors (Lipinski definition) is 0. The minimum atomic E-state index is -3.96. The molecule has 1 aliphatic heterocycles. The summed E-state index contributed by atoms with van der Waals surface area (Å²) in [7, 11) is -2.36. The maximum absolute atomic E-state index is 12.5. The lowest BCUT2D eigenvalue weighted by atomic mass is 10.2. The average Bonchev–Trinajstić information content (AvgIpc) is 3.03. The molecule has 0 saturated carbocycles. The van der Waals surface area contributed by atoms with Gasteiger partial charge in [0, 0.05) is 11.9 Å². The second-order valence-electron chi connectivity index (χ2n) is 5.59. The number of carbonyl (C=O) groups is 2. The maximum Gasteiger partial charge on any atom is 0.269 e. The third kappa shape index (κ3) is 2.71. The van der Waals surface area contributed by atoms with Crippen molar-refractivity contribution >= 4 is 33.2 Å². The van der Waals surface area contributed by atoms with E-state index < -0.39 is 28.4 Å². The number of rotatable bonds is 4. The summed E-state index contributed by atoms with van der Waals surface area (Å²) >= 11 is 1.54. The van der Waals surface area contributed by atoms with Crippen LogP contribution in [0.15, 0.2) is 40.6 Å². The lowest BCUT2D eigenvalue weighted by Gasteiger charge is -2.21. The zero-order valence-corrected chi connectivity index (χ0v) is 14.9. The number of aryl methyl sites for hydroxylation is 1. The van der Waals surface area contributed by atoms with Gasteiger partial charge in [-0.1, -0.05) is 12.1 Å². The van der Waals surface area contributed by atoms with Gasteiger partial charge in [-0.3, -0.25) is 9.59 Å². The van der Waals surface area contributed by atoms with Crippen molar-refractivity contribution in [1.29, 1.82) is 0 Å². The van der Waals surface area contributed by atoms with E-state index in [9.17, 15) is 18.0 Å². The highest BCUT2D eigenvalue weighted by atomic mass is 32.2. The van der Waals surface area contributed by atoms with Crippen molar-refractivity contribution in [3.63, 3.8) is 0 Å². The van der Waals surface area contributed by atoms with Crippen LogP contribution >= 0.6 is 11.3 Å². The number of sulfonamides is 1. The predicted molar refractivity (Wildman–Crippen MR) is 90.2 cm³/mol. The molecule has 1 aromatic heterocycles. The molecule has 2 heterocycles. The van der Waals surface area contributed by atoms with Crippen LogP contribution in [0.3, 0.4) is 0 Å². The van der Waals surface area contributed by atoms with Crippen LogP contribution in [0.4, 0.5) is 0 Å². The van der Waals surface area contributed by atoms with Crippen molar-refractivity contribution in [2.45, 2.75) is 18.4 Å². The summed E-state index contributed by atoms with van der Waals surface area (Å²) in [5.41, 5.74) is 1.19. The third-order valence-electron chi connectivity index (χ3n) is 3.97. The first-order chi connectivity index (χ1) is 11.3. The summed E-state index contributed by atoms with van der Waals surface area (Å²) in [6, 6.07) is 7.96. The summed E-state index contributed by atoms with van der Waals surface area (Å²) in [4.78, 5) is 27.1. The summed E-state index contributed by atoms with van der Waals surface area (Å²) in [5, 5.41) is 1.94. The van der Waals surface area contributed by atoms with Gasteiger partial charge in [-0.2, -0.15) is 0 Å². The molecule has 3 rings (SSSR count). The Hall–Kier alpha value is -2.19. The van der Waals surface area contributed by atoms with Gasteiger partial charge >= 0.3 is 0 Å². The van der Waals surface area contributed by atoms with Crippen LogP contribution in [0, 0.1) is 6.92 Å². The number of carbonyl (C=O) groups excluding carboxylic acids is 2. The predicted octanol–water partition coefficient (Wildman–Crippen LogP) is 1.86. The minimum absolute atomic E-state index is 0.0421. The molecule has 0 fully saturated rings. The van der Waals surface area contributed by atoms with E-state index >= 15 is 0 Å². The molecule has 1 aromatic carbocycles. The number of likely N-dealkylation sites (N-methyl/N-ethyl adjacent to an activating group) is 1. The van der Waals surface area contributed by atoms with Crippen molar-refractivity contribution in [2.75, 3.05) is 13.6 Å². The first kappa shape index (κ1) is 16.7. The fraction of sp³-hybridized carbons (Fsp3) is 0.250. The van der Waals surface area contributed by atoms with Gasteiger partial charge in [0.15, 0.2) is 0 Å². The van der Waals surface area contributed by atoms with E-state index in [1.807, 2.05) is 18.4 Å². The van der Waals surface area contributed by atoms with Gasteiger partial charge in [0.2, 0.25) is 5.91 Å². The van der Waals surface area contributed by atoms with Crippen molar-refractivity contribution in [2.24, 2.45) is 0 Å². The molecule has 0 aliphatic carbocycles. The molecule has 0 N–H and O–H groups in total. The van der Waals surface area contributed by atoms with Gasteiger partial charge in [0.25, 0.3) is 15.9 Å². The fourth-order valence-corrected chi connectivity index (χ4v) is 4.98. The monoisotopic (exact) mass is 364 g/mol. The van der Waals surface area contributed by atoms with Gasteiger partial charge in [0.1, 0.15) is 11.4 Å². The minimum Gasteiger partial charge on any atom is -0.339 e. The number of fused-ring (bicyclic) bond motifs is 1. The molecular formula is C16H16N2O4S2. The zero-order chi connectivity index (χ0) is 17.5. The molecule has 0 saturated heterocycles. The maximum atomic E-state index is 12.5. The van der Waals surface area contributed by atoms with Gasteiger partial charge in [-0.25, -0.2) is 12.7 Å². The smallest absolute Gasteiger partial charge is 0.269 e. The van der Waals surface area contributed by atoms with E-state index in [1.54, 1.807) is 19.2 Å². The Morgan fingerprint density at radius 3 is 2.58 bits per heavy atom. The van der Waals surface area contributed by atoms with Crippen LogP contribution < -0.4 is 0 Å². The molecule has 126 valence electrons. The van der Waals surface area contributed by atoms with E-state index in [1.165, 1.54) is 28.4 Å². The molecule has 6 nitrogen and oxygen atoms in total. The first-order valence-electron chi connectivity index (χ1n) is 7.25. The van der Waals surface area contributed by atoms with Crippen LogP contribution in [0.5, 0.6) is 0 Å². The van der Waals surface area contributed by atoms with E-state index in [2.05, 4.69) is 0 Å². The molecule has 2 aromatic rings. The lowest BCUT2D eigenvalue weighted by Crippen LogP contribution is -2.40. The second-order valence-corrected chi connectivity index (χ2v) is 8.42. The normalized spacial score (nSPS) is 15.4. The molecule has 1 aliphatic rings. The number of amides is 2. The van der Waals surface area contributed by atoms with Gasteiger partial charge in [-0.05, 0) is 36.1 Å². The Kier molecular flexibility index (Phi) is 4.18. The van der Waals surface area contributed by atoms with Crippen LogP contribution in [0.1, 0.15) is 20.8 Å². The molecule has 0 unspecified atom stereocenters. The summed E-state index contributed by atoms with van der Waals surface area (Å²) in [5.74, 6) is -1.08. The third-order valence-corrected chi connectivity index (χ3v) is 6.76. The fourth-order valence-electron chi connectivity index (χ4n) is 2.50. The van der Waals surface area contributed by atoms with Crippen LogP contribution in [-0.4, -0.2) is 43.0 Å². The van der Waals surface area contributed by atoms with Gasteiger partial charge in [-0.15, -0.1) is 11.3 Å². The number of thiophene rings is 1. The van der Waals surface area contributed by atoms with E-state index in [-0.39, 0.29) is 10.5 Å². The lowest BCUT2D eigenvalue weighted by molar-refractivity contribution is -0.130. The Balaban J connectivity index is 1.78. The molecular weight excluding hydrogens is 348 g/mol. The molecule has 0 radical (unpaired) electrons. The van der Waals surface area contributed by atoms with Gasteiger partial charge < -0.3 is 4.90 Å². The molecule has 0 bridgehead atoms. The topological polar surface area (TPSA) is 74.8 Å². The highest BCUT2D eigenvalue weighted by Crippen LogP contribution is 2.29. The number of benzene rings is 1. The Morgan fingerprint density at radius 1 is 1.25 bits per heavy atom. The quantitative estimate of drug-likeness (QED) is 0.830. The summed E-state index contributed by atoms with van der Waals surface area (Å²) in [6.07, 6.45) is 0. The largest absolute Gasteiger partial charge is 0.339 e. The van der Waals surface area contributed by atoms with E-state index in [0.717, 1.165) is 10.4 Å². The second kappa shape index (κ2) is 6.03. The summed E-state index contributed by atoms with van der Waals surface area (Å²) < 4.78 is 25.6. The molecule has 0 spiro atoms. The SMILES string of the molecule is Cc1ccsc1CN(C)C(=O)CN1C(=O)c2ccccc2S1(=O)=O. The highest BCUT2D eigenvalue weighted by Gasteiger charge is 2.42. The van der Waals surface area contributed by atoms with Crippen LogP contribution in [0.25, 0.3) is 0 Å². The summed E-state index contributed by atoms with van der Waals surface area (Å²) in [6.45, 7) is 1.85. The van der Waals surface area contributed by atoms with Crippen LogP contribution in [-0.2, 0) is 21.4 Å². The highest BCUT2D eigenvalue weighted by molar-refractivity contribution is 7.90. The molecule has 24 heavy (non-hydrogen) atoms. The van der Waals surface area contributed by atoms with Gasteiger partial charge in [0.05, 0.1) is 12.1 Å². The molecule has 2 amide bonds. The van der Waals surface area contributed by atoms with E-state index in [0.29, 0.717) is 10.8 Å². The van der Waals surface area contributed by atoms with Crippen molar-refractivity contribution < 1.29 is 18.0 Å². The number of hydrogen-bond acceptors (Lipinski definition) is 5. The Morgan fingerprint density at radius 2 is 1.96 bits per heavy atom. The first-order valence-corrected chi connectivity index (χ1v) is 9.57. The number of nitrogens with zero attached hydrogens (tertiary/aromatic N) is 2. The van der Waals surface area contributed by atoms with Crippen molar-refractivity contribution in [1.82, 2.24) is 9.21 Å². The molecule has 8 heteroatoms. The zero-order valence-electron chi connectivity index (χ0n) is 13.2. The van der Waals surface area contributed by atoms with E-state index in [4.69, 9.17) is 0 Å². The van der Waals surface area contributed by atoms with Crippen LogP contribution in [0.2, 0.25) is 0 Å². The average molecular weight is 364 g/mol. The Bertz CT molecular complexity index is 918. The van der Waals surface area contributed by atoms with Crippen molar-refractivity contribution in [3.05, 3.63) is 51.7 Å². The standard InChI is InChI=1S/C16H16N2O4S2/c1-11-7-8-23-13(11)9-17(2)15(19)10-18-16(20)12-5-3-4-6-14(12)24(18,21)22/h3-8H,9-10H2,1-2H3. The van der Waals surface area contributed by atoms with Crippen molar-refractivity contribution in [3.8, 4) is 0 Å².